The molecule has 8 aromatic rings. The maximum Gasteiger partial charge on any atom is 2.00 e. The van der Waals surface area contributed by atoms with Crippen molar-refractivity contribution in [2.75, 3.05) is 5.34 Å². The van der Waals surface area contributed by atoms with E-state index in [2.05, 4.69) is 97.1 Å². The van der Waals surface area contributed by atoms with Gasteiger partial charge in [-0.2, -0.15) is 36.4 Å². The van der Waals surface area contributed by atoms with Crippen molar-refractivity contribution >= 4 is 81.0 Å². The quantitative estimate of drug-likeness (QED) is 0.0502. The van der Waals surface area contributed by atoms with E-state index < -0.39 is 26.0 Å². The van der Waals surface area contributed by atoms with Gasteiger partial charge in [-0.25, -0.2) is 8.42 Å². The third kappa shape index (κ3) is 13.9. The van der Waals surface area contributed by atoms with Crippen LogP contribution in [0.25, 0.3) is 11.1 Å². The Hall–Kier alpha value is -4.40. The fourth-order valence-electron chi connectivity index (χ4n) is 5.89. The van der Waals surface area contributed by atoms with Gasteiger partial charge >= 0.3 is 16.5 Å². The molecule has 0 aromatic heterocycles. The zero-order valence-corrected chi connectivity index (χ0v) is 36.4. The summed E-state index contributed by atoms with van der Waals surface area (Å²) in [7, 11) is -6.31. The van der Waals surface area contributed by atoms with Crippen LogP contribution in [0.3, 0.4) is 0 Å². The van der Waals surface area contributed by atoms with Gasteiger partial charge in [0.15, 0.2) is 0 Å². The Kier molecular flexibility index (Phi) is 20.1. The second-order valence-corrected chi connectivity index (χ2v) is 18.5. The van der Waals surface area contributed by atoms with Gasteiger partial charge in [0.1, 0.15) is 10.1 Å². The first kappa shape index (κ1) is 46.3. The fourth-order valence-corrected chi connectivity index (χ4v) is 11.9. The van der Waals surface area contributed by atoms with Crippen LogP contribution < -0.4 is 31.8 Å². The zero-order valence-electron chi connectivity index (χ0n) is 31.2. The first-order chi connectivity index (χ1) is 27.9. The van der Waals surface area contributed by atoms with E-state index in [0.717, 1.165) is 21.7 Å². The summed E-state index contributed by atoms with van der Waals surface area (Å²) in [5.41, 5.74) is 2.08. The maximum atomic E-state index is 12.0. The van der Waals surface area contributed by atoms with Crippen LogP contribution in [0.15, 0.2) is 235 Å². The summed E-state index contributed by atoms with van der Waals surface area (Å²) in [5.74, 6) is 0. The Morgan fingerprint density at radius 3 is 1.14 bits per heavy atom. The molecule has 0 bridgehead atoms. The number of rotatable bonds is 8. The van der Waals surface area contributed by atoms with Gasteiger partial charge in [0, 0.05) is 5.30 Å². The third-order valence-electron chi connectivity index (χ3n) is 8.27. The first-order valence-electron chi connectivity index (χ1n) is 17.9. The molecule has 0 N–H and O–H groups in total. The molecule has 0 saturated heterocycles. The molecule has 0 amide bonds. The van der Waals surface area contributed by atoms with Gasteiger partial charge in [-0.15, -0.1) is 23.2 Å². The average Bonchev–Trinajstić information content (AvgIpc) is 3.27. The molecule has 0 aliphatic heterocycles. The Balaban J connectivity index is 0.000000219. The van der Waals surface area contributed by atoms with Crippen molar-refractivity contribution in [1.82, 2.24) is 0 Å². The predicted molar refractivity (Wildman–Crippen MR) is 246 cm³/mol. The normalized spacial score (nSPS) is 10.8. The minimum Gasteiger partial charge on any atom is -0.744 e. The van der Waals surface area contributed by atoms with E-state index in [4.69, 9.17) is 23.2 Å². The van der Waals surface area contributed by atoms with Crippen LogP contribution in [0.4, 0.5) is 0 Å². The number of alkyl halides is 2. The number of benzene rings is 8. The van der Waals surface area contributed by atoms with Gasteiger partial charge < -0.3 is 4.55 Å². The van der Waals surface area contributed by atoms with E-state index >= 15 is 0 Å². The first-order valence-corrected chi connectivity index (χ1v) is 23.1. The summed E-state index contributed by atoms with van der Waals surface area (Å²) in [5, 5.41) is 6.93. The fraction of sp³-hybridized carbons (Fsp3) is 0.0204. The molecule has 0 heterocycles. The zero-order chi connectivity index (χ0) is 40.1. The molecule has 0 spiro atoms. The molecule has 1 unspecified atom stereocenters. The van der Waals surface area contributed by atoms with Gasteiger partial charge in [0.2, 0.25) is 0 Å². The van der Waals surface area contributed by atoms with Crippen LogP contribution in [0.1, 0.15) is 0 Å². The van der Waals surface area contributed by atoms with E-state index in [0.29, 0.717) is 5.30 Å². The largest absolute Gasteiger partial charge is 2.00 e. The second-order valence-electron chi connectivity index (χ2n) is 12.0. The monoisotopic (exact) mass is 898 g/mol. The van der Waals surface area contributed by atoms with Crippen molar-refractivity contribution in [1.29, 1.82) is 0 Å². The topological polar surface area (TPSA) is 57.2 Å². The average molecular weight is 900 g/mol. The summed E-state index contributed by atoms with van der Waals surface area (Å²) >= 11 is 9.53. The van der Waals surface area contributed by atoms with Crippen molar-refractivity contribution in [3.05, 3.63) is 237 Å². The molecule has 0 fully saturated rings. The van der Waals surface area contributed by atoms with Crippen LogP contribution in [0.2, 0.25) is 0 Å². The molecule has 58 heavy (non-hydrogen) atoms. The van der Waals surface area contributed by atoms with Crippen LogP contribution in [0, 0.1) is 6.07 Å². The third-order valence-corrected chi connectivity index (χ3v) is 14.3. The van der Waals surface area contributed by atoms with Gasteiger partial charge in [0.05, 0.1) is 10.2 Å². The van der Waals surface area contributed by atoms with E-state index in [1.807, 2.05) is 115 Å². The van der Waals surface area contributed by atoms with Crippen molar-refractivity contribution in [2.24, 2.45) is 0 Å². The van der Waals surface area contributed by atoms with Gasteiger partial charge in [-0.05, 0) is 59.6 Å². The van der Waals surface area contributed by atoms with Crippen LogP contribution in [-0.4, -0.2) is 18.3 Å². The molecule has 3 nitrogen and oxygen atoms in total. The summed E-state index contributed by atoms with van der Waals surface area (Å²) in [6.07, 6.45) is 0. The molecular formula is C49H40Cl2NiO3P2S. The standard InChI is InChI=1S/C24H19O3PS.C18H15P.C6H5.CH2Cl2.Ni/c25-29(26,27)24-18-10-9-17-23(24)28(20-13-5-2-6-14-20)22-16-8-7-15-21(22)19-11-3-1-4-12-19;1-4-10-16(11-5-1)19(17-12-6-2-7-13-17)18-14-8-3-9-15-18;1-2-4-6-5-3-1;2-1-3;/h1-18H,(H,25,26,27);1-15H;1-5H;1H2;/q;;-1;;+2/p-1. The van der Waals surface area contributed by atoms with Gasteiger partial charge in [-0.1, -0.05) is 194 Å². The summed E-state index contributed by atoms with van der Waals surface area (Å²) in [6.45, 7) is 0. The summed E-state index contributed by atoms with van der Waals surface area (Å²) < 4.78 is 36.1. The van der Waals surface area contributed by atoms with Crippen LogP contribution in [-0.2, 0) is 26.6 Å². The molecule has 9 heteroatoms. The van der Waals surface area contributed by atoms with E-state index in [1.54, 1.807) is 18.2 Å². The molecule has 294 valence electrons. The van der Waals surface area contributed by atoms with Crippen LogP contribution in [0.5, 0.6) is 0 Å². The summed E-state index contributed by atoms with van der Waals surface area (Å²) in [4.78, 5) is -0.155. The minimum absolute atomic E-state index is 0. The van der Waals surface area contributed by atoms with Gasteiger partial charge in [0.25, 0.3) is 0 Å². The molecular weight excluding hydrogens is 860 g/mol. The number of hydrogen-bond donors (Lipinski definition) is 0. The molecule has 1 atom stereocenters. The molecule has 8 rings (SSSR count). The number of halogens is 2. The molecule has 0 saturated carbocycles. The van der Waals surface area contributed by atoms with E-state index in [-0.39, 0.29) is 26.7 Å². The Labute approximate surface area is 365 Å². The second kappa shape index (κ2) is 25.2. The maximum absolute atomic E-state index is 12.0. The minimum atomic E-state index is -4.61. The van der Waals surface area contributed by atoms with E-state index in [9.17, 15) is 13.0 Å². The van der Waals surface area contributed by atoms with E-state index in [1.165, 1.54) is 22.0 Å². The van der Waals surface area contributed by atoms with Crippen molar-refractivity contribution in [3.8, 4) is 11.1 Å². The van der Waals surface area contributed by atoms with Crippen molar-refractivity contribution in [2.45, 2.75) is 4.90 Å². The molecule has 8 aromatic carbocycles. The van der Waals surface area contributed by atoms with Crippen molar-refractivity contribution in [3.63, 3.8) is 0 Å². The predicted octanol–water partition coefficient (Wildman–Crippen LogP) is 10.4. The van der Waals surface area contributed by atoms with Crippen LogP contribution >= 0.6 is 39.0 Å². The Morgan fingerprint density at radius 1 is 0.431 bits per heavy atom. The summed E-state index contributed by atoms with van der Waals surface area (Å²) in [6, 6.07) is 79.1. The smallest absolute Gasteiger partial charge is 0.744 e. The Morgan fingerprint density at radius 2 is 0.759 bits per heavy atom. The SMILES string of the molecule is ClCCl.O=S(=O)([O-])c1ccccc1P(c1ccccc1)c1ccccc1-c1ccccc1.[Ni+2].[c-]1ccccc1.c1ccc(P(c2ccccc2)c2ccccc2)cc1. The van der Waals surface area contributed by atoms with Crippen molar-refractivity contribution < 1.29 is 29.5 Å². The molecule has 0 aliphatic rings. The molecule has 0 radical (unpaired) electrons. The Bertz CT molecular complexity index is 2320. The van der Waals surface area contributed by atoms with Gasteiger partial charge in [-0.3, -0.25) is 0 Å². The molecule has 0 aliphatic carbocycles. The number of hydrogen-bond acceptors (Lipinski definition) is 3.